The quantitative estimate of drug-likeness (QED) is 0.577. The zero-order valence-electron chi connectivity index (χ0n) is 16.3. The number of aromatic nitrogens is 3. The summed E-state index contributed by atoms with van der Waals surface area (Å²) in [4.78, 5) is 16.8. The maximum absolute atomic E-state index is 12.3. The fourth-order valence-electron chi connectivity index (χ4n) is 3.02. The molecule has 0 saturated heterocycles. The van der Waals surface area contributed by atoms with Crippen LogP contribution in [-0.2, 0) is 11.2 Å². The Bertz CT molecular complexity index is 1000. The molecule has 29 heavy (non-hydrogen) atoms. The molecule has 2 aromatic carbocycles. The summed E-state index contributed by atoms with van der Waals surface area (Å²) in [6, 6.07) is 13.7. The summed E-state index contributed by atoms with van der Waals surface area (Å²) in [5, 5.41) is 10.7. The second kappa shape index (κ2) is 8.57. The monoisotopic (exact) mass is 410 g/mol. The second-order valence-electron chi connectivity index (χ2n) is 6.71. The van der Waals surface area contributed by atoms with E-state index in [2.05, 4.69) is 39.6 Å². The number of rotatable bonds is 7. The Morgan fingerprint density at radius 3 is 2.79 bits per heavy atom. The first-order chi connectivity index (χ1) is 14.1. The number of benzene rings is 2. The molecule has 0 bridgehead atoms. The number of H-pyrrole nitrogens is 1. The Labute approximate surface area is 173 Å². The molecule has 1 aliphatic rings. The van der Waals surface area contributed by atoms with Crippen LogP contribution in [0.2, 0.25) is 0 Å². The van der Waals surface area contributed by atoms with Crippen molar-refractivity contribution in [2.75, 3.05) is 12.5 Å². The van der Waals surface area contributed by atoms with Crippen molar-refractivity contribution in [3.63, 3.8) is 0 Å². The van der Waals surface area contributed by atoms with Crippen molar-refractivity contribution < 1.29 is 14.3 Å². The third kappa shape index (κ3) is 4.54. The summed E-state index contributed by atoms with van der Waals surface area (Å²) in [5.41, 5.74) is 3.21. The topological polar surface area (TPSA) is 89.1 Å². The first kappa shape index (κ1) is 19.3. The van der Waals surface area contributed by atoms with Gasteiger partial charge in [0.05, 0.1) is 11.8 Å². The average molecular weight is 410 g/mol. The van der Waals surface area contributed by atoms with Crippen molar-refractivity contribution >= 4 is 17.7 Å². The highest BCUT2D eigenvalue weighted by Crippen LogP contribution is 2.34. The largest absolute Gasteiger partial charge is 0.454 e. The van der Waals surface area contributed by atoms with Crippen LogP contribution in [0.3, 0.4) is 0 Å². The summed E-state index contributed by atoms with van der Waals surface area (Å²) in [6.07, 6.45) is 0.998. The van der Waals surface area contributed by atoms with E-state index >= 15 is 0 Å². The van der Waals surface area contributed by atoms with E-state index in [1.807, 2.05) is 37.3 Å². The summed E-state index contributed by atoms with van der Waals surface area (Å²) < 4.78 is 10.7. The molecule has 0 unspecified atom stereocenters. The number of fused-ring (bicyclic) bond motifs is 1. The number of amides is 1. The van der Waals surface area contributed by atoms with E-state index in [1.165, 1.54) is 17.3 Å². The molecular formula is C21H22N4O3S. The van der Waals surface area contributed by atoms with Gasteiger partial charge >= 0.3 is 0 Å². The number of carbonyl (C=O) groups excluding carboxylic acids is 1. The van der Waals surface area contributed by atoms with Crippen molar-refractivity contribution in [3.8, 4) is 22.9 Å². The fourth-order valence-corrected chi connectivity index (χ4v) is 3.63. The minimum Gasteiger partial charge on any atom is -0.454 e. The molecule has 1 aromatic heterocycles. The third-order valence-corrected chi connectivity index (χ3v) is 5.55. The van der Waals surface area contributed by atoms with E-state index in [0.717, 1.165) is 23.3 Å². The lowest BCUT2D eigenvalue weighted by Gasteiger charge is -2.14. The average Bonchev–Trinajstić information content (AvgIpc) is 3.41. The van der Waals surface area contributed by atoms with Crippen LogP contribution in [0.4, 0.5) is 0 Å². The Morgan fingerprint density at radius 2 is 2.00 bits per heavy atom. The van der Waals surface area contributed by atoms with E-state index in [-0.39, 0.29) is 24.5 Å². The Hall–Kier alpha value is -3.00. The maximum Gasteiger partial charge on any atom is 0.231 e. The number of ether oxygens (including phenoxy) is 2. The van der Waals surface area contributed by atoms with Crippen LogP contribution < -0.4 is 14.8 Å². The lowest BCUT2D eigenvalue weighted by molar-refractivity contribution is -0.119. The van der Waals surface area contributed by atoms with Crippen molar-refractivity contribution in [1.82, 2.24) is 20.5 Å². The normalized spacial score (nSPS) is 13.3. The summed E-state index contributed by atoms with van der Waals surface area (Å²) in [6.45, 7) is 4.29. The smallest absolute Gasteiger partial charge is 0.231 e. The summed E-state index contributed by atoms with van der Waals surface area (Å²) in [5.74, 6) is 2.29. The molecule has 1 amide bonds. The summed E-state index contributed by atoms with van der Waals surface area (Å²) in [7, 11) is 0. The molecule has 0 spiro atoms. The number of nitrogens with zero attached hydrogens (tertiary/aromatic N) is 2. The van der Waals surface area contributed by atoms with Crippen LogP contribution >= 0.6 is 11.8 Å². The van der Waals surface area contributed by atoms with Crippen LogP contribution in [0, 0.1) is 0 Å². The molecular weight excluding hydrogens is 388 g/mol. The minimum atomic E-state index is -0.141. The molecule has 0 saturated carbocycles. The van der Waals surface area contributed by atoms with Crippen LogP contribution in [0.5, 0.6) is 11.5 Å². The first-order valence-electron chi connectivity index (χ1n) is 9.46. The molecule has 3 aromatic rings. The molecule has 1 atom stereocenters. The molecule has 7 nitrogen and oxygen atoms in total. The fraction of sp³-hybridized carbons (Fsp3) is 0.286. The molecule has 0 aliphatic carbocycles. The predicted molar refractivity (Wildman–Crippen MR) is 111 cm³/mol. The van der Waals surface area contributed by atoms with Gasteiger partial charge in [0.25, 0.3) is 0 Å². The molecule has 0 fully saturated rings. The summed E-state index contributed by atoms with van der Waals surface area (Å²) >= 11 is 1.30. The standard InChI is InChI=1S/C21H22N4O3S/c1-3-14-4-6-15(7-5-14)20-23-21(25-24-20)29-11-19(26)22-13(2)16-8-9-17-18(10-16)28-12-27-17/h4-10,13H,3,11-12H2,1-2H3,(H,22,26)(H,23,24,25)/t13-/m0/s1. The number of nitrogens with one attached hydrogen (secondary N) is 2. The number of hydrogen-bond acceptors (Lipinski definition) is 6. The lowest BCUT2D eigenvalue weighted by atomic mass is 10.1. The molecule has 8 heteroatoms. The molecule has 150 valence electrons. The van der Waals surface area contributed by atoms with Crippen LogP contribution in [0.15, 0.2) is 47.6 Å². The number of thioether (sulfide) groups is 1. The van der Waals surface area contributed by atoms with Gasteiger partial charge in [0.2, 0.25) is 17.9 Å². The zero-order valence-corrected chi connectivity index (χ0v) is 17.1. The molecule has 4 rings (SSSR count). The van der Waals surface area contributed by atoms with Crippen LogP contribution in [-0.4, -0.2) is 33.6 Å². The maximum atomic E-state index is 12.3. The van der Waals surface area contributed by atoms with Gasteiger partial charge in [-0.2, -0.15) is 0 Å². The van der Waals surface area contributed by atoms with Gasteiger partial charge in [0.15, 0.2) is 17.3 Å². The second-order valence-corrected chi connectivity index (χ2v) is 7.65. The van der Waals surface area contributed by atoms with E-state index < -0.39 is 0 Å². The number of aromatic amines is 1. The number of hydrogen-bond donors (Lipinski definition) is 2. The van der Waals surface area contributed by atoms with Gasteiger partial charge in [0.1, 0.15) is 0 Å². The van der Waals surface area contributed by atoms with Gasteiger partial charge in [-0.1, -0.05) is 49.0 Å². The van der Waals surface area contributed by atoms with E-state index in [0.29, 0.717) is 16.7 Å². The highest BCUT2D eigenvalue weighted by molar-refractivity contribution is 7.99. The lowest BCUT2D eigenvalue weighted by Crippen LogP contribution is -2.28. The molecule has 2 heterocycles. The van der Waals surface area contributed by atoms with Crippen LogP contribution in [0.1, 0.15) is 31.0 Å². The van der Waals surface area contributed by atoms with Gasteiger partial charge in [-0.15, -0.1) is 5.10 Å². The van der Waals surface area contributed by atoms with E-state index in [1.54, 1.807) is 0 Å². The van der Waals surface area contributed by atoms with E-state index in [4.69, 9.17) is 9.47 Å². The highest BCUT2D eigenvalue weighted by Gasteiger charge is 2.17. The van der Waals surface area contributed by atoms with Gasteiger partial charge in [-0.3, -0.25) is 9.89 Å². The van der Waals surface area contributed by atoms with Crippen LogP contribution in [0.25, 0.3) is 11.4 Å². The van der Waals surface area contributed by atoms with Gasteiger partial charge in [0, 0.05) is 5.56 Å². The predicted octanol–water partition coefficient (Wildman–Crippen LogP) is 3.73. The van der Waals surface area contributed by atoms with Crippen molar-refractivity contribution in [1.29, 1.82) is 0 Å². The van der Waals surface area contributed by atoms with Crippen molar-refractivity contribution in [3.05, 3.63) is 53.6 Å². The molecule has 1 aliphatic heterocycles. The van der Waals surface area contributed by atoms with Gasteiger partial charge in [-0.05, 0) is 36.6 Å². The number of aryl methyl sites for hydroxylation is 1. The SMILES string of the molecule is CCc1ccc(-c2nc(SCC(=O)N[C@@H](C)c3ccc4c(c3)OCO4)n[nH]2)cc1. The van der Waals surface area contributed by atoms with Crippen molar-refractivity contribution in [2.45, 2.75) is 31.5 Å². The minimum absolute atomic E-state index is 0.0844. The Balaban J connectivity index is 1.31. The number of carbonyl (C=O) groups is 1. The zero-order chi connectivity index (χ0) is 20.2. The third-order valence-electron chi connectivity index (χ3n) is 4.71. The Kier molecular flexibility index (Phi) is 5.71. The Morgan fingerprint density at radius 1 is 1.21 bits per heavy atom. The van der Waals surface area contributed by atoms with Crippen molar-refractivity contribution in [2.24, 2.45) is 0 Å². The highest BCUT2D eigenvalue weighted by atomic mass is 32.2. The molecule has 2 N–H and O–H groups in total. The first-order valence-corrected chi connectivity index (χ1v) is 10.4. The van der Waals surface area contributed by atoms with E-state index in [9.17, 15) is 4.79 Å². The van der Waals surface area contributed by atoms with Gasteiger partial charge in [-0.25, -0.2) is 4.98 Å². The molecule has 0 radical (unpaired) electrons. The van der Waals surface area contributed by atoms with Gasteiger partial charge < -0.3 is 14.8 Å².